The number of benzene rings is 3. The van der Waals surface area contributed by atoms with Crippen LogP contribution in [0.25, 0.3) is 12.2 Å². The summed E-state index contributed by atoms with van der Waals surface area (Å²) in [6.45, 7) is -0.143. The maximum Gasteiger partial charge on any atom is 0.306 e. The zero-order chi connectivity index (χ0) is 29.9. The Kier molecular flexibility index (Phi) is 10.8. The summed E-state index contributed by atoms with van der Waals surface area (Å²) in [4.78, 5) is 22.2. The summed E-state index contributed by atoms with van der Waals surface area (Å²) in [5, 5.41) is 20.7. The van der Waals surface area contributed by atoms with Gasteiger partial charge in [0.2, 0.25) is 5.75 Å². The van der Waals surface area contributed by atoms with E-state index >= 15 is 0 Å². The zero-order valence-corrected chi connectivity index (χ0v) is 23.6. The van der Waals surface area contributed by atoms with Gasteiger partial charge in [0.1, 0.15) is 5.75 Å². The van der Waals surface area contributed by atoms with Crippen LogP contribution in [0.15, 0.2) is 42.5 Å². The van der Waals surface area contributed by atoms with Gasteiger partial charge in [-0.1, -0.05) is 18.2 Å². The lowest BCUT2D eigenvalue weighted by Crippen LogP contribution is -2.07. The average Bonchev–Trinajstić information content (AvgIpc) is 2.97. The highest BCUT2D eigenvalue weighted by atomic mass is 16.6. The molecule has 218 valence electrons. The fourth-order valence-corrected chi connectivity index (χ4v) is 4.24. The number of nitro benzene ring substituents is 1. The number of hydrogen-bond acceptors (Lipinski definition) is 9. The summed E-state index contributed by atoms with van der Waals surface area (Å²) in [6, 6.07) is 12.2. The standard InChI is InChI=1S/C30H33NO10/c1-36-24-11-8-19(6-7-20-15-27(38-3)30(40-5)28(16-20)39-4)14-22(24)10-9-21-17-25(37-2)26(18-23(21)31(34)35)41-13-12-29(32)33/h6-8,11,14-18H,9-10,12-13H2,1-5H3,(H,32,33)/b7-6-. The Morgan fingerprint density at radius 2 is 1.37 bits per heavy atom. The van der Waals surface area contributed by atoms with Crippen LogP contribution in [-0.2, 0) is 17.6 Å². The van der Waals surface area contributed by atoms with E-state index in [0.29, 0.717) is 41.4 Å². The van der Waals surface area contributed by atoms with Gasteiger partial charge in [-0.25, -0.2) is 0 Å². The van der Waals surface area contributed by atoms with Crippen LogP contribution >= 0.6 is 0 Å². The van der Waals surface area contributed by atoms with Gasteiger partial charge in [-0.3, -0.25) is 14.9 Å². The third-order valence-electron chi connectivity index (χ3n) is 6.26. The van der Waals surface area contributed by atoms with E-state index < -0.39 is 10.9 Å². The van der Waals surface area contributed by atoms with Crippen LogP contribution in [-0.4, -0.2) is 58.2 Å². The second-order valence-corrected chi connectivity index (χ2v) is 8.74. The summed E-state index contributed by atoms with van der Waals surface area (Å²) < 4.78 is 32.6. The Morgan fingerprint density at radius 3 is 1.93 bits per heavy atom. The number of hydrogen-bond donors (Lipinski definition) is 1. The van der Waals surface area contributed by atoms with E-state index in [4.69, 9.17) is 33.5 Å². The third-order valence-corrected chi connectivity index (χ3v) is 6.26. The molecule has 0 atom stereocenters. The first-order valence-corrected chi connectivity index (χ1v) is 12.6. The molecule has 0 aromatic heterocycles. The number of nitrogens with zero attached hydrogens (tertiary/aromatic N) is 1. The molecule has 0 saturated heterocycles. The number of carboxylic acid groups (broad SMARTS) is 1. The number of aliphatic carboxylic acids is 1. The summed E-state index contributed by atoms with van der Waals surface area (Å²) >= 11 is 0. The van der Waals surface area contributed by atoms with Crippen LogP contribution in [0, 0.1) is 10.1 Å². The van der Waals surface area contributed by atoms with Crippen LogP contribution in [0.2, 0.25) is 0 Å². The van der Waals surface area contributed by atoms with Crippen LogP contribution < -0.4 is 28.4 Å². The first-order valence-electron chi connectivity index (χ1n) is 12.6. The smallest absolute Gasteiger partial charge is 0.306 e. The number of ether oxygens (including phenoxy) is 6. The highest BCUT2D eigenvalue weighted by molar-refractivity contribution is 5.73. The van der Waals surface area contributed by atoms with Crippen molar-refractivity contribution in [3.63, 3.8) is 0 Å². The van der Waals surface area contributed by atoms with Crippen molar-refractivity contribution in [2.45, 2.75) is 19.3 Å². The van der Waals surface area contributed by atoms with Crippen molar-refractivity contribution in [3.8, 4) is 34.5 Å². The first kappa shape index (κ1) is 30.6. The van der Waals surface area contributed by atoms with Crippen molar-refractivity contribution in [1.29, 1.82) is 0 Å². The second kappa shape index (κ2) is 14.5. The minimum atomic E-state index is -1.04. The number of methoxy groups -OCH3 is 5. The van der Waals surface area contributed by atoms with Crippen molar-refractivity contribution in [2.75, 3.05) is 42.2 Å². The molecule has 0 aliphatic rings. The molecule has 0 saturated carbocycles. The lowest BCUT2D eigenvalue weighted by atomic mass is 9.99. The third kappa shape index (κ3) is 7.81. The van der Waals surface area contributed by atoms with Crippen molar-refractivity contribution in [1.82, 2.24) is 0 Å². The van der Waals surface area contributed by atoms with Crippen LogP contribution in [0.4, 0.5) is 5.69 Å². The van der Waals surface area contributed by atoms with Crippen molar-refractivity contribution in [2.24, 2.45) is 0 Å². The second-order valence-electron chi connectivity index (χ2n) is 8.74. The molecule has 11 heteroatoms. The van der Waals surface area contributed by atoms with Crippen LogP contribution in [0.3, 0.4) is 0 Å². The molecule has 0 aliphatic heterocycles. The lowest BCUT2D eigenvalue weighted by Gasteiger charge is -2.14. The molecular formula is C30H33NO10. The minimum absolute atomic E-state index is 0.112. The molecule has 0 spiro atoms. The molecule has 3 aromatic carbocycles. The highest BCUT2D eigenvalue weighted by Gasteiger charge is 2.21. The molecule has 3 aromatic rings. The minimum Gasteiger partial charge on any atom is -0.496 e. The number of carboxylic acids is 1. The normalized spacial score (nSPS) is 10.8. The molecule has 3 rings (SSSR count). The number of aryl methyl sites for hydroxylation is 2. The maximum absolute atomic E-state index is 11.9. The molecule has 0 amide bonds. The Morgan fingerprint density at radius 1 is 0.756 bits per heavy atom. The van der Waals surface area contributed by atoms with Gasteiger partial charge in [0.15, 0.2) is 23.0 Å². The van der Waals surface area contributed by atoms with E-state index in [-0.39, 0.29) is 30.2 Å². The Balaban J connectivity index is 1.87. The van der Waals surface area contributed by atoms with Crippen molar-refractivity contribution >= 4 is 23.8 Å². The van der Waals surface area contributed by atoms with E-state index in [1.165, 1.54) is 13.2 Å². The largest absolute Gasteiger partial charge is 0.496 e. The molecule has 11 nitrogen and oxygen atoms in total. The predicted octanol–water partition coefficient (Wildman–Crippen LogP) is 5.45. The van der Waals surface area contributed by atoms with Crippen LogP contribution in [0.5, 0.6) is 34.5 Å². The lowest BCUT2D eigenvalue weighted by molar-refractivity contribution is -0.385. The molecule has 0 unspecified atom stereocenters. The van der Waals surface area contributed by atoms with Gasteiger partial charge in [-0.15, -0.1) is 0 Å². The van der Waals surface area contributed by atoms with E-state index in [1.807, 2.05) is 42.5 Å². The van der Waals surface area contributed by atoms with Crippen molar-refractivity contribution < 1.29 is 43.2 Å². The topological polar surface area (TPSA) is 136 Å². The highest BCUT2D eigenvalue weighted by Crippen LogP contribution is 2.39. The predicted molar refractivity (Wildman–Crippen MR) is 153 cm³/mol. The van der Waals surface area contributed by atoms with E-state index in [9.17, 15) is 14.9 Å². The number of carbonyl (C=O) groups is 1. The van der Waals surface area contributed by atoms with E-state index in [1.54, 1.807) is 34.5 Å². The molecule has 0 radical (unpaired) electrons. The molecule has 0 fully saturated rings. The molecule has 1 N–H and O–H groups in total. The summed E-state index contributed by atoms with van der Waals surface area (Å²) in [5.41, 5.74) is 2.88. The zero-order valence-electron chi connectivity index (χ0n) is 23.6. The first-order chi connectivity index (χ1) is 19.7. The molecule has 0 aliphatic carbocycles. The van der Waals surface area contributed by atoms with Gasteiger partial charge >= 0.3 is 5.97 Å². The van der Waals surface area contributed by atoms with Crippen molar-refractivity contribution in [3.05, 3.63) is 74.8 Å². The van der Waals surface area contributed by atoms with Gasteiger partial charge in [-0.05, 0) is 59.9 Å². The summed E-state index contributed by atoms with van der Waals surface area (Å²) in [5.74, 6) is 1.59. The fraction of sp³-hybridized carbons (Fsp3) is 0.300. The molecular weight excluding hydrogens is 534 g/mol. The van der Waals surface area contributed by atoms with E-state index in [0.717, 1.165) is 16.7 Å². The summed E-state index contributed by atoms with van der Waals surface area (Å²) in [6.07, 6.45) is 4.35. The maximum atomic E-state index is 11.9. The SMILES string of the molecule is COc1ccc(/C=C\c2cc(OC)c(OC)c(OC)c2)cc1CCc1cc(OC)c(OCCC(=O)O)cc1[N+](=O)[O-]. The van der Waals surface area contributed by atoms with Gasteiger partial charge in [0.05, 0.1) is 59.6 Å². The Labute approximate surface area is 238 Å². The number of rotatable bonds is 15. The van der Waals surface area contributed by atoms with E-state index in [2.05, 4.69) is 0 Å². The molecule has 0 heterocycles. The Bertz CT molecular complexity index is 1390. The summed E-state index contributed by atoms with van der Waals surface area (Å²) in [7, 11) is 7.64. The quantitative estimate of drug-likeness (QED) is 0.143. The number of nitro groups is 1. The molecule has 41 heavy (non-hydrogen) atoms. The van der Waals surface area contributed by atoms with Gasteiger partial charge in [-0.2, -0.15) is 0 Å². The Hall–Kier alpha value is -4.93. The van der Waals surface area contributed by atoms with Gasteiger partial charge in [0, 0.05) is 5.56 Å². The van der Waals surface area contributed by atoms with Gasteiger partial charge in [0.25, 0.3) is 5.69 Å². The fourth-order valence-electron chi connectivity index (χ4n) is 4.24. The average molecular weight is 568 g/mol. The van der Waals surface area contributed by atoms with Gasteiger partial charge < -0.3 is 33.5 Å². The molecule has 0 bridgehead atoms. The van der Waals surface area contributed by atoms with Crippen LogP contribution in [0.1, 0.15) is 28.7 Å². The monoisotopic (exact) mass is 567 g/mol.